The Morgan fingerprint density at radius 3 is 2.45 bits per heavy atom. The van der Waals surface area contributed by atoms with Crippen LogP contribution in [0.1, 0.15) is 5.56 Å². The van der Waals surface area contributed by atoms with Gasteiger partial charge in [0.25, 0.3) is 0 Å². The molecule has 0 atom stereocenters. The topological polar surface area (TPSA) is 108 Å². The van der Waals surface area contributed by atoms with E-state index in [1.165, 1.54) is 0 Å². The molecule has 0 saturated carbocycles. The van der Waals surface area contributed by atoms with Crippen molar-refractivity contribution in [3.05, 3.63) is 23.8 Å². The standard InChI is InChI=1S/C12H20N2O3.Mo.2O/c1-17-11-2-3-12(16)10(8-11)9-14-5-4-13-6-7-15;;;/h2-3,8,13-16H,4-7,9H2,1H3;;;. The maximum atomic E-state index is 9.63. The molecule has 0 unspecified atom stereocenters. The molecule has 20 heavy (non-hydrogen) atoms. The Bertz CT molecular complexity index is 411. The molecule has 0 aliphatic heterocycles. The summed E-state index contributed by atoms with van der Waals surface area (Å²) in [5, 5.41) is 24.4. The van der Waals surface area contributed by atoms with Crippen molar-refractivity contribution < 1.29 is 40.2 Å². The Kier molecular flexibility index (Phi) is 12.3. The van der Waals surface area contributed by atoms with Crippen molar-refractivity contribution in [2.24, 2.45) is 0 Å². The van der Waals surface area contributed by atoms with Crippen LogP contribution in [0, 0.1) is 0 Å². The van der Waals surface area contributed by atoms with E-state index in [4.69, 9.17) is 16.6 Å². The fraction of sp³-hybridized carbons (Fsp3) is 0.500. The molecule has 0 radical (unpaired) electrons. The molecule has 0 aromatic heterocycles. The van der Waals surface area contributed by atoms with Crippen LogP contribution in [0.4, 0.5) is 0 Å². The molecule has 0 saturated heterocycles. The minimum absolute atomic E-state index is 0.149. The van der Waals surface area contributed by atoms with E-state index in [1.54, 1.807) is 19.2 Å². The maximum absolute atomic E-state index is 9.63. The molecule has 1 aromatic rings. The number of aliphatic hydroxyl groups is 1. The number of rotatable bonds is 8. The number of phenols is 1. The monoisotopic (exact) mass is 370 g/mol. The molecule has 0 heterocycles. The van der Waals surface area contributed by atoms with Crippen molar-refractivity contribution in [3.63, 3.8) is 0 Å². The summed E-state index contributed by atoms with van der Waals surface area (Å²) in [6.45, 7) is 2.90. The molecule has 4 N–H and O–H groups in total. The van der Waals surface area contributed by atoms with Crippen LogP contribution in [0.15, 0.2) is 18.2 Å². The number of hydrogen-bond acceptors (Lipinski definition) is 7. The first-order valence-corrected chi connectivity index (χ1v) is 7.63. The van der Waals surface area contributed by atoms with Gasteiger partial charge in [0.05, 0.1) is 13.7 Å². The Hall–Kier alpha value is -1.01. The van der Waals surface area contributed by atoms with E-state index in [-0.39, 0.29) is 12.4 Å². The third-order valence-electron chi connectivity index (χ3n) is 2.37. The normalized spacial score (nSPS) is 9.50. The summed E-state index contributed by atoms with van der Waals surface area (Å²) < 4.78 is 22.1. The second-order valence-electron chi connectivity index (χ2n) is 3.71. The van der Waals surface area contributed by atoms with Gasteiger partial charge >= 0.3 is 25.3 Å². The van der Waals surface area contributed by atoms with Gasteiger partial charge in [-0.15, -0.1) is 0 Å². The van der Waals surface area contributed by atoms with E-state index in [2.05, 4.69) is 10.6 Å². The van der Waals surface area contributed by atoms with Gasteiger partial charge < -0.3 is 25.6 Å². The molecule has 0 fully saturated rings. The van der Waals surface area contributed by atoms with Crippen molar-refractivity contribution in [2.45, 2.75) is 6.54 Å². The van der Waals surface area contributed by atoms with E-state index in [0.717, 1.165) is 24.4 Å². The zero-order valence-corrected chi connectivity index (χ0v) is 13.3. The number of phenolic OH excluding ortho intramolecular Hbond substituents is 1. The van der Waals surface area contributed by atoms with Crippen molar-refractivity contribution in [3.8, 4) is 11.5 Å². The average molecular weight is 368 g/mol. The van der Waals surface area contributed by atoms with Gasteiger partial charge in [0.1, 0.15) is 11.5 Å². The number of aliphatic hydroxyl groups excluding tert-OH is 1. The van der Waals surface area contributed by atoms with Gasteiger partial charge in [-0.1, -0.05) is 0 Å². The van der Waals surface area contributed by atoms with Crippen LogP contribution in [-0.2, 0) is 31.8 Å². The van der Waals surface area contributed by atoms with Crippen molar-refractivity contribution in [1.29, 1.82) is 0 Å². The van der Waals surface area contributed by atoms with Gasteiger partial charge in [0.2, 0.25) is 0 Å². The van der Waals surface area contributed by atoms with Gasteiger partial charge in [-0.3, -0.25) is 0 Å². The van der Waals surface area contributed by atoms with E-state index in [9.17, 15) is 5.11 Å². The Labute approximate surface area is 126 Å². The van der Waals surface area contributed by atoms with E-state index in [1.807, 2.05) is 6.07 Å². The first-order valence-electron chi connectivity index (χ1n) is 5.99. The first-order chi connectivity index (χ1) is 9.69. The molecule has 0 spiro atoms. The van der Waals surface area contributed by atoms with Crippen LogP contribution in [-0.4, -0.2) is 43.6 Å². The summed E-state index contributed by atoms with van der Waals surface area (Å²) in [5.74, 6) is 1.000. The SMILES string of the molecule is COc1ccc(O)c(CNCCNCCO)c1.[O]=[Mo]=[O]. The number of aromatic hydroxyl groups is 1. The third kappa shape index (κ3) is 8.98. The Morgan fingerprint density at radius 2 is 1.85 bits per heavy atom. The van der Waals surface area contributed by atoms with E-state index < -0.39 is 18.5 Å². The molecule has 0 aliphatic rings. The predicted molar refractivity (Wildman–Crippen MR) is 67.7 cm³/mol. The molecule has 0 bridgehead atoms. The predicted octanol–water partition coefficient (Wildman–Crippen LogP) is -0.168. The van der Waals surface area contributed by atoms with Gasteiger partial charge in [-0.2, -0.15) is 0 Å². The van der Waals surface area contributed by atoms with Gasteiger partial charge in [-0.25, -0.2) is 0 Å². The van der Waals surface area contributed by atoms with Crippen LogP contribution in [0.5, 0.6) is 11.5 Å². The number of nitrogens with one attached hydrogen (secondary N) is 2. The molecular formula is C12H20MoN2O5. The average Bonchev–Trinajstić information content (AvgIpc) is 2.45. The first kappa shape index (κ1) is 19.0. The molecule has 0 amide bonds. The van der Waals surface area contributed by atoms with Gasteiger partial charge in [-0.05, 0) is 18.2 Å². The van der Waals surface area contributed by atoms with Gasteiger partial charge in [0, 0.05) is 31.7 Å². The van der Waals surface area contributed by atoms with E-state index >= 15 is 0 Å². The minimum atomic E-state index is -2.03. The third-order valence-corrected chi connectivity index (χ3v) is 2.37. The summed E-state index contributed by atoms with van der Waals surface area (Å²) in [7, 11) is 1.60. The zero-order valence-electron chi connectivity index (χ0n) is 11.3. The van der Waals surface area contributed by atoms with Crippen LogP contribution >= 0.6 is 0 Å². The molecule has 0 aliphatic carbocycles. The number of ether oxygens (including phenoxy) is 1. The van der Waals surface area contributed by atoms with Crippen LogP contribution in [0.3, 0.4) is 0 Å². The molecular weight excluding hydrogens is 348 g/mol. The van der Waals surface area contributed by atoms with Gasteiger partial charge in [0.15, 0.2) is 0 Å². The fourth-order valence-electron chi connectivity index (χ4n) is 1.43. The second kappa shape index (κ2) is 13.0. The van der Waals surface area contributed by atoms with Crippen LogP contribution < -0.4 is 15.4 Å². The number of benzene rings is 1. The fourth-order valence-corrected chi connectivity index (χ4v) is 1.43. The summed E-state index contributed by atoms with van der Waals surface area (Å²) in [6, 6.07) is 5.16. The van der Waals surface area contributed by atoms with Crippen molar-refractivity contribution >= 4 is 0 Å². The summed E-state index contributed by atoms with van der Waals surface area (Å²) >= 11 is -2.03. The van der Waals surface area contributed by atoms with Crippen molar-refractivity contribution in [1.82, 2.24) is 10.6 Å². The number of methoxy groups -OCH3 is 1. The quantitative estimate of drug-likeness (QED) is 0.373. The summed E-state index contributed by atoms with van der Waals surface area (Å²) in [4.78, 5) is 0. The molecule has 1 rings (SSSR count). The second-order valence-corrected chi connectivity index (χ2v) is 4.05. The summed E-state index contributed by atoms with van der Waals surface area (Å²) in [6.07, 6.45) is 0. The van der Waals surface area contributed by atoms with Crippen molar-refractivity contribution in [2.75, 3.05) is 33.4 Å². The summed E-state index contributed by atoms with van der Waals surface area (Å²) in [5.41, 5.74) is 0.812. The van der Waals surface area contributed by atoms with Crippen LogP contribution in [0.2, 0.25) is 0 Å². The molecule has 114 valence electrons. The number of hydrogen-bond donors (Lipinski definition) is 4. The Morgan fingerprint density at radius 1 is 1.20 bits per heavy atom. The molecule has 7 nitrogen and oxygen atoms in total. The Balaban J connectivity index is 0.00000110. The zero-order chi connectivity index (χ0) is 15.2. The molecule has 8 heteroatoms. The van der Waals surface area contributed by atoms with Crippen LogP contribution in [0.25, 0.3) is 0 Å². The van der Waals surface area contributed by atoms with E-state index in [0.29, 0.717) is 13.1 Å². The molecule has 1 aromatic carbocycles.